The second-order valence-electron chi connectivity index (χ2n) is 3.02. The summed E-state index contributed by atoms with van der Waals surface area (Å²) in [5.41, 5.74) is 0. The van der Waals surface area contributed by atoms with Gasteiger partial charge in [0.2, 0.25) is 0 Å². The van der Waals surface area contributed by atoms with Gasteiger partial charge in [0.15, 0.2) is 5.79 Å². The maximum Gasteiger partial charge on any atom is 0.163 e. The Labute approximate surface area is 94.7 Å². The molecule has 0 aromatic heterocycles. The Morgan fingerprint density at radius 3 is 1.73 bits per heavy atom. The Hall–Kier alpha value is 1.38. The SMILES string of the molecule is CC1(C)O[C@@H](CI)[C@@H](CI)O1. The minimum atomic E-state index is -0.369. The zero-order chi connectivity index (χ0) is 8.48. The first kappa shape index (κ1) is 10.5. The number of alkyl halides is 2. The van der Waals surface area contributed by atoms with Crippen LogP contribution in [0.5, 0.6) is 0 Å². The van der Waals surface area contributed by atoms with Crippen LogP contribution in [-0.2, 0) is 9.47 Å². The van der Waals surface area contributed by atoms with Crippen molar-refractivity contribution in [2.75, 3.05) is 8.86 Å². The van der Waals surface area contributed by atoms with Crippen LogP contribution in [0.25, 0.3) is 0 Å². The first-order valence-corrected chi connectivity index (χ1v) is 6.62. The van der Waals surface area contributed by atoms with Gasteiger partial charge < -0.3 is 9.47 Å². The van der Waals surface area contributed by atoms with Gasteiger partial charge in [0, 0.05) is 8.86 Å². The molecule has 0 amide bonds. The van der Waals surface area contributed by atoms with Crippen LogP contribution in [0, 0.1) is 0 Å². The molecule has 0 bridgehead atoms. The highest BCUT2D eigenvalue weighted by Crippen LogP contribution is 2.29. The minimum absolute atomic E-state index is 0.280. The molecule has 1 aliphatic rings. The Kier molecular flexibility index (Phi) is 3.86. The highest BCUT2D eigenvalue weighted by molar-refractivity contribution is 14.1. The van der Waals surface area contributed by atoms with E-state index in [9.17, 15) is 0 Å². The maximum absolute atomic E-state index is 5.67. The van der Waals surface area contributed by atoms with E-state index in [1.807, 2.05) is 13.8 Å². The quantitative estimate of drug-likeness (QED) is 0.540. The van der Waals surface area contributed by atoms with Crippen molar-refractivity contribution in [2.45, 2.75) is 31.8 Å². The van der Waals surface area contributed by atoms with E-state index in [2.05, 4.69) is 45.2 Å². The summed E-state index contributed by atoms with van der Waals surface area (Å²) >= 11 is 4.67. The van der Waals surface area contributed by atoms with Crippen LogP contribution in [-0.4, -0.2) is 26.9 Å². The average molecular weight is 382 g/mol. The molecule has 4 heteroatoms. The average Bonchev–Trinajstić information content (AvgIpc) is 2.25. The summed E-state index contributed by atoms with van der Waals surface area (Å²) in [6, 6.07) is 0. The zero-order valence-corrected chi connectivity index (χ0v) is 11.0. The van der Waals surface area contributed by atoms with Gasteiger partial charge in [-0.1, -0.05) is 45.2 Å². The lowest BCUT2D eigenvalue weighted by atomic mass is 10.3. The number of halogens is 2. The molecule has 0 N–H and O–H groups in total. The molecule has 1 fully saturated rings. The molecule has 1 saturated heterocycles. The summed E-state index contributed by atoms with van der Waals surface area (Å²) in [4.78, 5) is 0. The second-order valence-corrected chi connectivity index (χ2v) is 4.78. The smallest absolute Gasteiger partial charge is 0.163 e. The third kappa shape index (κ3) is 2.67. The van der Waals surface area contributed by atoms with Crippen LogP contribution in [0.4, 0.5) is 0 Å². The summed E-state index contributed by atoms with van der Waals surface area (Å²) in [5.74, 6) is -0.369. The van der Waals surface area contributed by atoms with Crippen molar-refractivity contribution >= 4 is 45.2 Å². The van der Waals surface area contributed by atoms with Crippen LogP contribution in [0.15, 0.2) is 0 Å². The van der Waals surface area contributed by atoms with Gasteiger partial charge in [-0.2, -0.15) is 0 Å². The molecule has 2 atom stereocenters. The molecule has 0 aromatic rings. The number of rotatable bonds is 2. The molecule has 1 aliphatic heterocycles. The van der Waals surface area contributed by atoms with Crippen LogP contribution >= 0.6 is 45.2 Å². The van der Waals surface area contributed by atoms with E-state index in [1.54, 1.807) is 0 Å². The molecule has 0 spiro atoms. The largest absolute Gasteiger partial charge is 0.344 e. The van der Waals surface area contributed by atoms with Crippen LogP contribution in [0.3, 0.4) is 0 Å². The molecule has 0 saturated carbocycles. The molecule has 1 rings (SSSR count). The number of hydrogen-bond donors (Lipinski definition) is 0. The molecule has 0 aliphatic carbocycles. The predicted molar refractivity (Wildman–Crippen MR) is 61.6 cm³/mol. The fourth-order valence-corrected chi connectivity index (χ4v) is 2.66. The van der Waals surface area contributed by atoms with Gasteiger partial charge in [0.1, 0.15) is 0 Å². The summed E-state index contributed by atoms with van der Waals surface area (Å²) in [5, 5.41) is 0. The summed E-state index contributed by atoms with van der Waals surface area (Å²) in [6.07, 6.45) is 0.560. The highest BCUT2D eigenvalue weighted by Gasteiger charge is 2.39. The Balaban J connectivity index is 2.55. The molecule has 1 heterocycles. The first-order valence-electron chi connectivity index (χ1n) is 3.56. The zero-order valence-electron chi connectivity index (χ0n) is 6.64. The van der Waals surface area contributed by atoms with E-state index in [0.29, 0.717) is 0 Å². The van der Waals surface area contributed by atoms with Gasteiger partial charge in [-0.15, -0.1) is 0 Å². The van der Waals surface area contributed by atoms with Crippen molar-refractivity contribution < 1.29 is 9.47 Å². The number of ether oxygens (including phenoxy) is 2. The fourth-order valence-electron chi connectivity index (χ4n) is 1.17. The van der Waals surface area contributed by atoms with Crippen LogP contribution < -0.4 is 0 Å². The lowest BCUT2D eigenvalue weighted by Gasteiger charge is -2.16. The lowest BCUT2D eigenvalue weighted by molar-refractivity contribution is -0.142. The van der Waals surface area contributed by atoms with Crippen molar-refractivity contribution in [2.24, 2.45) is 0 Å². The van der Waals surface area contributed by atoms with Gasteiger partial charge in [0.05, 0.1) is 12.2 Å². The van der Waals surface area contributed by atoms with Crippen molar-refractivity contribution in [3.63, 3.8) is 0 Å². The molecule has 2 nitrogen and oxygen atoms in total. The molecule has 0 aromatic carbocycles. The lowest BCUT2D eigenvalue weighted by Crippen LogP contribution is -2.24. The monoisotopic (exact) mass is 382 g/mol. The van der Waals surface area contributed by atoms with Gasteiger partial charge in [-0.3, -0.25) is 0 Å². The summed E-state index contributed by atoms with van der Waals surface area (Å²) < 4.78 is 13.4. The standard InChI is InChI=1S/C7H12I2O2/c1-7(2)10-5(3-8)6(4-9)11-7/h5-6H,3-4H2,1-2H3/t5-,6+. The van der Waals surface area contributed by atoms with Crippen molar-refractivity contribution in [3.05, 3.63) is 0 Å². The third-order valence-electron chi connectivity index (χ3n) is 1.59. The molecule has 66 valence electrons. The van der Waals surface area contributed by atoms with E-state index >= 15 is 0 Å². The molecule has 0 unspecified atom stereocenters. The summed E-state index contributed by atoms with van der Waals surface area (Å²) in [7, 11) is 0. The predicted octanol–water partition coefficient (Wildman–Crippen LogP) is 2.38. The molecule has 11 heavy (non-hydrogen) atoms. The highest BCUT2D eigenvalue weighted by atomic mass is 127. The van der Waals surface area contributed by atoms with Gasteiger partial charge in [0.25, 0.3) is 0 Å². The Morgan fingerprint density at radius 1 is 1.09 bits per heavy atom. The normalized spacial score (nSPS) is 36.0. The molecule has 0 radical (unpaired) electrons. The van der Waals surface area contributed by atoms with Crippen LogP contribution in [0.1, 0.15) is 13.8 Å². The maximum atomic E-state index is 5.67. The molecular weight excluding hydrogens is 370 g/mol. The fraction of sp³-hybridized carbons (Fsp3) is 1.00. The van der Waals surface area contributed by atoms with Crippen LogP contribution in [0.2, 0.25) is 0 Å². The third-order valence-corrected chi connectivity index (χ3v) is 3.33. The van der Waals surface area contributed by atoms with Gasteiger partial charge in [-0.05, 0) is 13.8 Å². The number of hydrogen-bond acceptors (Lipinski definition) is 2. The van der Waals surface area contributed by atoms with Crippen molar-refractivity contribution in [1.82, 2.24) is 0 Å². The van der Waals surface area contributed by atoms with Crippen molar-refractivity contribution in [1.29, 1.82) is 0 Å². The van der Waals surface area contributed by atoms with E-state index in [-0.39, 0.29) is 18.0 Å². The topological polar surface area (TPSA) is 18.5 Å². The van der Waals surface area contributed by atoms with Crippen molar-refractivity contribution in [3.8, 4) is 0 Å². The van der Waals surface area contributed by atoms with Gasteiger partial charge in [-0.25, -0.2) is 0 Å². The summed E-state index contributed by atoms with van der Waals surface area (Å²) in [6.45, 7) is 3.94. The Bertz CT molecular complexity index is 124. The van der Waals surface area contributed by atoms with Gasteiger partial charge >= 0.3 is 0 Å². The minimum Gasteiger partial charge on any atom is -0.344 e. The second kappa shape index (κ2) is 4.06. The first-order chi connectivity index (χ1) is 5.09. The Morgan fingerprint density at radius 2 is 1.45 bits per heavy atom. The van der Waals surface area contributed by atoms with E-state index in [0.717, 1.165) is 8.86 Å². The molecular formula is C7H12I2O2. The van der Waals surface area contributed by atoms with E-state index in [4.69, 9.17) is 9.47 Å². The van der Waals surface area contributed by atoms with E-state index in [1.165, 1.54) is 0 Å². The van der Waals surface area contributed by atoms with E-state index < -0.39 is 0 Å².